The molecule has 16 heavy (non-hydrogen) atoms. The fourth-order valence-corrected chi connectivity index (χ4v) is 1.07. The van der Waals surface area contributed by atoms with Gasteiger partial charge < -0.3 is 14.9 Å². The molecular formula is C11H13NO4. The van der Waals surface area contributed by atoms with Crippen molar-refractivity contribution >= 4 is 11.9 Å². The van der Waals surface area contributed by atoms with Gasteiger partial charge >= 0.3 is 5.97 Å². The van der Waals surface area contributed by atoms with Crippen LogP contribution in [0.25, 0.3) is 0 Å². The van der Waals surface area contributed by atoms with Gasteiger partial charge in [-0.05, 0) is 18.6 Å². The predicted octanol–water partition coefficient (Wildman–Crippen LogP) is 1.27. The minimum atomic E-state index is -1.18. The van der Waals surface area contributed by atoms with Crippen molar-refractivity contribution in [3.05, 3.63) is 30.3 Å². The van der Waals surface area contributed by atoms with E-state index in [1.165, 1.54) is 0 Å². The molecule has 5 heteroatoms. The molecule has 86 valence electrons. The SMILES string of the molecule is N=C(Oc1ccccc1)C(O)CCC(=O)O. The molecule has 1 atom stereocenters. The average molecular weight is 223 g/mol. The van der Waals surface area contributed by atoms with Crippen molar-refractivity contribution < 1.29 is 19.7 Å². The standard InChI is InChI=1S/C11H13NO4/c12-11(9(13)6-7-10(14)15)16-8-4-2-1-3-5-8/h1-5,9,12-13H,6-7H2,(H,14,15). The highest BCUT2D eigenvalue weighted by molar-refractivity contribution is 5.80. The fraction of sp³-hybridized carbons (Fsp3) is 0.273. The largest absolute Gasteiger partial charge is 0.481 e. The lowest BCUT2D eigenvalue weighted by Crippen LogP contribution is -2.25. The molecule has 0 aliphatic heterocycles. The van der Waals surface area contributed by atoms with Crippen molar-refractivity contribution in [1.29, 1.82) is 5.41 Å². The molecule has 3 N–H and O–H groups in total. The summed E-state index contributed by atoms with van der Waals surface area (Å²) < 4.78 is 5.05. The summed E-state index contributed by atoms with van der Waals surface area (Å²) in [5.74, 6) is -0.902. The summed E-state index contributed by atoms with van der Waals surface area (Å²) in [5.41, 5.74) is 0. The van der Waals surface area contributed by atoms with Crippen LogP contribution in [-0.2, 0) is 4.79 Å². The molecule has 1 aromatic rings. The number of carboxylic acids is 1. The van der Waals surface area contributed by atoms with Gasteiger partial charge in [0.2, 0.25) is 5.90 Å². The number of aliphatic hydroxyl groups excluding tert-OH is 1. The Labute approximate surface area is 92.8 Å². The molecule has 0 spiro atoms. The Kier molecular flexibility index (Phi) is 4.47. The van der Waals surface area contributed by atoms with Crippen LogP contribution >= 0.6 is 0 Å². The van der Waals surface area contributed by atoms with E-state index >= 15 is 0 Å². The highest BCUT2D eigenvalue weighted by Gasteiger charge is 2.14. The first-order chi connectivity index (χ1) is 7.59. The second kappa shape index (κ2) is 5.87. The van der Waals surface area contributed by atoms with Crippen molar-refractivity contribution in [2.75, 3.05) is 0 Å². The molecule has 0 aliphatic rings. The van der Waals surface area contributed by atoms with Gasteiger partial charge in [-0.25, -0.2) is 0 Å². The van der Waals surface area contributed by atoms with Gasteiger partial charge in [-0.1, -0.05) is 18.2 Å². The third-order valence-corrected chi connectivity index (χ3v) is 1.91. The Morgan fingerprint density at radius 1 is 1.38 bits per heavy atom. The van der Waals surface area contributed by atoms with E-state index in [9.17, 15) is 9.90 Å². The topological polar surface area (TPSA) is 90.6 Å². The van der Waals surface area contributed by atoms with E-state index in [4.69, 9.17) is 15.3 Å². The summed E-state index contributed by atoms with van der Waals surface area (Å²) in [6.07, 6.45) is -1.40. The number of hydrogen-bond acceptors (Lipinski definition) is 4. The quantitative estimate of drug-likeness (QED) is 0.518. The average Bonchev–Trinajstić information content (AvgIpc) is 2.27. The minimum Gasteiger partial charge on any atom is -0.481 e. The number of hydrogen-bond donors (Lipinski definition) is 3. The van der Waals surface area contributed by atoms with E-state index in [2.05, 4.69) is 0 Å². The fourth-order valence-electron chi connectivity index (χ4n) is 1.07. The van der Waals surface area contributed by atoms with Crippen molar-refractivity contribution in [2.24, 2.45) is 0 Å². The van der Waals surface area contributed by atoms with Gasteiger partial charge in [-0.2, -0.15) is 0 Å². The first-order valence-corrected chi connectivity index (χ1v) is 4.81. The van der Waals surface area contributed by atoms with Gasteiger partial charge in [0, 0.05) is 6.42 Å². The molecule has 0 aromatic heterocycles. The van der Waals surface area contributed by atoms with Gasteiger partial charge in [0.1, 0.15) is 11.9 Å². The molecule has 1 unspecified atom stereocenters. The van der Waals surface area contributed by atoms with Crippen molar-refractivity contribution in [3.8, 4) is 5.75 Å². The second-order valence-corrected chi connectivity index (χ2v) is 3.23. The molecule has 0 fully saturated rings. The van der Waals surface area contributed by atoms with Crippen LogP contribution in [0, 0.1) is 5.41 Å². The van der Waals surface area contributed by atoms with Gasteiger partial charge in [-0.15, -0.1) is 0 Å². The van der Waals surface area contributed by atoms with Crippen LogP contribution in [0.5, 0.6) is 5.75 Å². The molecule has 0 bridgehead atoms. The Morgan fingerprint density at radius 3 is 2.56 bits per heavy atom. The van der Waals surface area contributed by atoms with Gasteiger partial charge in [0.25, 0.3) is 0 Å². The molecule has 5 nitrogen and oxygen atoms in total. The van der Waals surface area contributed by atoms with Crippen LogP contribution in [-0.4, -0.2) is 28.2 Å². The highest BCUT2D eigenvalue weighted by Crippen LogP contribution is 2.10. The number of aliphatic hydroxyl groups is 1. The maximum absolute atomic E-state index is 10.3. The second-order valence-electron chi connectivity index (χ2n) is 3.23. The van der Waals surface area contributed by atoms with E-state index < -0.39 is 12.1 Å². The summed E-state index contributed by atoms with van der Waals surface area (Å²) in [7, 11) is 0. The molecule has 0 aliphatic carbocycles. The number of ether oxygens (including phenoxy) is 1. The molecule has 1 aromatic carbocycles. The molecule has 1 rings (SSSR count). The van der Waals surface area contributed by atoms with E-state index in [1.54, 1.807) is 30.3 Å². The first kappa shape index (κ1) is 12.2. The van der Waals surface area contributed by atoms with Gasteiger partial charge in [-0.3, -0.25) is 10.2 Å². The summed E-state index contributed by atoms with van der Waals surface area (Å²) in [6.45, 7) is 0. The van der Waals surface area contributed by atoms with Gasteiger partial charge in [0.15, 0.2) is 0 Å². The first-order valence-electron chi connectivity index (χ1n) is 4.81. The maximum atomic E-state index is 10.3. The van der Waals surface area contributed by atoms with Crippen LogP contribution in [0.3, 0.4) is 0 Å². The number of benzene rings is 1. The lowest BCUT2D eigenvalue weighted by atomic mass is 10.2. The Bertz CT molecular complexity index is 364. The van der Waals surface area contributed by atoms with Crippen LogP contribution in [0.15, 0.2) is 30.3 Å². The zero-order valence-corrected chi connectivity index (χ0v) is 8.59. The molecule has 0 saturated carbocycles. The summed E-state index contributed by atoms with van der Waals surface area (Å²) in [4.78, 5) is 10.3. The van der Waals surface area contributed by atoms with Crippen molar-refractivity contribution in [2.45, 2.75) is 18.9 Å². The lowest BCUT2D eigenvalue weighted by molar-refractivity contribution is -0.137. The summed E-state index contributed by atoms with van der Waals surface area (Å²) >= 11 is 0. The number of carbonyl (C=O) groups is 1. The van der Waals surface area contributed by atoms with Crippen molar-refractivity contribution in [3.63, 3.8) is 0 Å². The summed E-state index contributed by atoms with van der Waals surface area (Å²) in [6, 6.07) is 8.59. The number of para-hydroxylation sites is 1. The molecule has 0 heterocycles. The zero-order chi connectivity index (χ0) is 12.0. The van der Waals surface area contributed by atoms with E-state index in [-0.39, 0.29) is 18.7 Å². The number of carboxylic acid groups (broad SMARTS) is 1. The van der Waals surface area contributed by atoms with E-state index in [1.807, 2.05) is 0 Å². The predicted molar refractivity (Wildman–Crippen MR) is 57.7 cm³/mol. The maximum Gasteiger partial charge on any atom is 0.303 e. The van der Waals surface area contributed by atoms with E-state index in [0.29, 0.717) is 5.75 Å². The molecule has 0 radical (unpaired) electrons. The minimum absolute atomic E-state index is 0.0268. The Morgan fingerprint density at radius 2 is 2.00 bits per heavy atom. The van der Waals surface area contributed by atoms with Crippen LogP contribution in [0.4, 0.5) is 0 Å². The smallest absolute Gasteiger partial charge is 0.303 e. The summed E-state index contributed by atoms with van der Waals surface area (Å²) in [5, 5.41) is 25.2. The molecular weight excluding hydrogens is 210 g/mol. The lowest BCUT2D eigenvalue weighted by Gasteiger charge is -2.11. The third kappa shape index (κ3) is 4.10. The Hall–Kier alpha value is -1.88. The van der Waals surface area contributed by atoms with Crippen molar-refractivity contribution in [1.82, 2.24) is 0 Å². The van der Waals surface area contributed by atoms with Gasteiger partial charge in [0.05, 0.1) is 0 Å². The molecule has 0 amide bonds. The zero-order valence-electron chi connectivity index (χ0n) is 8.59. The highest BCUT2D eigenvalue weighted by atomic mass is 16.5. The number of nitrogens with one attached hydrogen (secondary N) is 1. The van der Waals surface area contributed by atoms with Crippen LogP contribution < -0.4 is 4.74 Å². The third-order valence-electron chi connectivity index (χ3n) is 1.91. The molecule has 0 saturated heterocycles. The monoisotopic (exact) mass is 223 g/mol. The number of aliphatic carboxylic acids is 1. The van der Waals surface area contributed by atoms with Crippen LogP contribution in [0.2, 0.25) is 0 Å². The van der Waals surface area contributed by atoms with E-state index in [0.717, 1.165) is 0 Å². The normalized spacial score (nSPS) is 11.8. The van der Waals surface area contributed by atoms with Crippen LogP contribution in [0.1, 0.15) is 12.8 Å². The number of rotatable bonds is 5. The Balaban J connectivity index is 2.43.